The Morgan fingerprint density at radius 2 is 1.56 bits per heavy atom. The largest absolute Gasteiger partial charge is 0.270 e. The SMILES string of the molecule is Brc1ccc(CSc2nnc(-c3cccnc3)n2-c2ccc(Br)cc2)cc1. The molecule has 0 aliphatic rings. The zero-order valence-electron chi connectivity index (χ0n) is 14.1. The Hall–Kier alpha value is -1.96. The summed E-state index contributed by atoms with van der Waals surface area (Å²) in [6, 6.07) is 20.4. The maximum atomic E-state index is 4.45. The molecule has 7 heteroatoms. The maximum Gasteiger partial charge on any atom is 0.196 e. The van der Waals surface area contributed by atoms with Crippen LogP contribution in [0.4, 0.5) is 0 Å². The molecule has 2 heterocycles. The van der Waals surface area contributed by atoms with Crippen molar-refractivity contribution in [3.63, 3.8) is 0 Å². The van der Waals surface area contributed by atoms with E-state index in [-0.39, 0.29) is 0 Å². The third-order valence-electron chi connectivity index (χ3n) is 3.92. The summed E-state index contributed by atoms with van der Waals surface area (Å²) in [4.78, 5) is 4.22. The van der Waals surface area contributed by atoms with Crippen LogP contribution in [0.5, 0.6) is 0 Å². The van der Waals surface area contributed by atoms with Crippen LogP contribution in [0.3, 0.4) is 0 Å². The Morgan fingerprint density at radius 1 is 0.852 bits per heavy atom. The predicted octanol–water partition coefficient (Wildman–Crippen LogP) is 6.15. The summed E-state index contributed by atoms with van der Waals surface area (Å²) in [6.45, 7) is 0. The number of pyridine rings is 1. The average molecular weight is 502 g/mol. The zero-order chi connectivity index (χ0) is 18.6. The van der Waals surface area contributed by atoms with Gasteiger partial charge in [0.05, 0.1) is 0 Å². The predicted molar refractivity (Wildman–Crippen MR) is 116 cm³/mol. The monoisotopic (exact) mass is 500 g/mol. The minimum atomic E-state index is 0.781. The second-order valence-electron chi connectivity index (χ2n) is 5.77. The van der Waals surface area contributed by atoms with Gasteiger partial charge in [-0.1, -0.05) is 55.8 Å². The average Bonchev–Trinajstić information content (AvgIpc) is 3.13. The number of hydrogen-bond acceptors (Lipinski definition) is 4. The standard InChI is InChI=1S/C20H14Br2N4S/c21-16-5-3-14(4-6-16)13-27-20-25-24-19(15-2-1-11-23-12-15)26(20)18-9-7-17(22)8-10-18/h1-12H,13H2. The van der Waals surface area contributed by atoms with Crippen LogP contribution in [0.15, 0.2) is 87.2 Å². The molecule has 2 aromatic carbocycles. The van der Waals surface area contributed by atoms with Gasteiger partial charge >= 0.3 is 0 Å². The highest BCUT2D eigenvalue weighted by Gasteiger charge is 2.16. The van der Waals surface area contributed by atoms with Crippen LogP contribution in [0.25, 0.3) is 17.1 Å². The smallest absolute Gasteiger partial charge is 0.196 e. The van der Waals surface area contributed by atoms with E-state index in [1.165, 1.54) is 5.56 Å². The molecule has 0 saturated heterocycles. The molecular formula is C20H14Br2N4S. The number of thioether (sulfide) groups is 1. The molecule has 0 aliphatic carbocycles. The van der Waals surface area contributed by atoms with Crippen molar-refractivity contribution in [3.05, 3.63) is 87.6 Å². The van der Waals surface area contributed by atoms with Gasteiger partial charge in [0.25, 0.3) is 0 Å². The molecule has 0 radical (unpaired) electrons. The minimum Gasteiger partial charge on any atom is -0.270 e. The van der Waals surface area contributed by atoms with E-state index in [1.54, 1.807) is 18.0 Å². The van der Waals surface area contributed by atoms with Crippen molar-refractivity contribution in [2.24, 2.45) is 0 Å². The van der Waals surface area contributed by atoms with Gasteiger partial charge in [-0.2, -0.15) is 0 Å². The number of aromatic nitrogens is 4. The van der Waals surface area contributed by atoms with Crippen LogP contribution in [-0.4, -0.2) is 19.7 Å². The van der Waals surface area contributed by atoms with E-state index in [4.69, 9.17) is 0 Å². The van der Waals surface area contributed by atoms with Crippen molar-refractivity contribution in [2.45, 2.75) is 10.9 Å². The Balaban J connectivity index is 1.71. The lowest BCUT2D eigenvalue weighted by atomic mass is 10.2. The Bertz CT molecular complexity index is 1030. The topological polar surface area (TPSA) is 43.6 Å². The third-order valence-corrected chi connectivity index (χ3v) is 5.98. The van der Waals surface area contributed by atoms with Gasteiger partial charge in [-0.05, 0) is 54.1 Å². The Kier molecular flexibility index (Phi) is 5.71. The molecule has 0 saturated carbocycles. The van der Waals surface area contributed by atoms with E-state index < -0.39 is 0 Å². The lowest BCUT2D eigenvalue weighted by molar-refractivity contribution is 0.885. The van der Waals surface area contributed by atoms with Gasteiger partial charge in [-0.25, -0.2) is 0 Å². The molecule has 0 atom stereocenters. The first kappa shape index (κ1) is 18.4. The van der Waals surface area contributed by atoms with E-state index in [9.17, 15) is 0 Å². The second kappa shape index (κ2) is 8.37. The van der Waals surface area contributed by atoms with Crippen LogP contribution in [0, 0.1) is 0 Å². The van der Waals surface area contributed by atoms with Gasteiger partial charge in [0, 0.05) is 38.3 Å². The summed E-state index contributed by atoms with van der Waals surface area (Å²) in [7, 11) is 0. The van der Waals surface area contributed by atoms with Crippen molar-refractivity contribution in [3.8, 4) is 17.1 Å². The summed E-state index contributed by atoms with van der Waals surface area (Å²) >= 11 is 8.64. The molecule has 0 aliphatic heterocycles. The van der Waals surface area contributed by atoms with Crippen molar-refractivity contribution < 1.29 is 0 Å². The molecule has 2 aromatic heterocycles. The lowest BCUT2D eigenvalue weighted by Crippen LogP contribution is -2.00. The van der Waals surface area contributed by atoms with E-state index in [0.29, 0.717) is 0 Å². The summed E-state index contributed by atoms with van der Waals surface area (Å²) in [5, 5.41) is 9.74. The first-order valence-corrected chi connectivity index (χ1v) is 10.8. The van der Waals surface area contributed by atoms with Crippen molar-refractivity contribution in [1.29, 1.82) is 0 Å². The van der Waals surface area contributed by atoms with E-state index >= 15 is 0 Å². The Labute approximate surface area is 178 Å². The normalized spacial score (nSPS) is 10.9. The first-order chi connectivity index (χ1) is 13.2. The molecule has 0 bridgehead atoms. The number of hydrogen-bond donors (Lipinski definition) is 0. The fourth-order valence-corrected chi connectivity index (χ4v) is 4.03. The number of rotatable bonds is 5. The van der Waals surface area contributed by atoms with E-state index in [2.05, 4.69) is 88.0 Å². The van der Waals surface area contributed by atoms with Gasteiger partial charge in [0.1, 0.15) is 0 Å². The third kappa shape index (κ3) is 4.31. The fraction of sp³-hybridized carbons (Fsp3) is 0.0500. The number of nitrogens with zero attached hydrogens (tertiary/aromatic N) is 4. The number of benzene rings is 2. The van der Waals surface area contributed by atoms with E-state index in [0.717, 1.165) is 36.9 Å². The summed E-state index contributed by atoms with van der Waals surface area (Å²) in [5.74, 6) is 1.60. The maximum absolute atomic E-state index is 4.45. The molecule has 0 N–H and O–H groups in total. The van der Waals surface area contributed by atoms with E-state index in [1.807, 2.05) is 30.5 Å². The number of halogens is 2. The van der Waals surface area contributed by atoms with Crippen molar-refractivity contribution in [1.82, 2.24) is 19.7 Å². The van der Waals surface area contributed by atoms with Crippen molar-refractivity contribution >= 4 is 43.6 Å². The highest BCUT2D eigenvalue weighted by molar-refractivity contribution is 9.10. The molecule has 134 valence electrons. The fourth-order valence-electron chi connectivity index (χ4n) is 2.60. The quantitative estimate of drug-likeness (QED) is 0.308. The molecule has 4 nitrogen and oxygen atoms in total. The molecule has 27 heavy (non-hydrogen) atoms. The molecule has 0 fully saturated rings. The molecule has 4 aromatic rings. The van der Waals surface area contributed by atoms with Gasteiger partial charge in [-0.3, -0.25) is 9.55 Å². The van der Waals surface area contributed by atoms with Crippen LogP contribution in [0.1, 0.15) is 5.56 Å². The first-order valence-electron chi connectivity index (χ1n) is 8.20. The van der Waals surface area contributed by atoms with Gasteiger partial charge in [0.15, 0.2) is 11.0 Å². The van der Waals surface area contributed by atoms with Crippen LogP contribution >= 0.6 is 43.6 Å². The highest BCUT2D eigenvalue weighted by atomic mass is 79.9. The van der Waals surface area contributed by atoms with Gasteiger partial charge in [0.2, 0.25) is 0 Å². The van der Waals surface area contributed by atoms with Gasteiger partial charge in [-0.15, -0.1) is 10.2 Å². The molecular weight excluding hydrogens is 488 g/mol. The van der Waals surface area contributed by atoms with Gasteiger partial charge < -0.3 is 0 Å². The highest BCUT2D eigenvalue weighted by Crippen LogP contribution is 2.30. The van der Waals surface area contributed by atoms with Crippen LogP contribution in [0.2, 0.25) is 0 Å². The summed E-state index contributed by atoms with van der Waals surface area (Å²) in [6.07, 6.45) is 3.57. The molecule has 4 rings (SSSR count). The minimum absolute atomic E-state index is 0.781. The van der Waals surface area contributed by atoms with Crippen LogP contribution in [-0.2, 0) is 5.75 Å². The zero-order valence-corrected chi connectivity index (χ0v) is 18.1. The lowest BCUT2D eigenvalue weighted by Gasteiger charge is -2.10. The van der Waals surface area contributed by atoms with Crippen molar-refractivity contribution in [2.75, 3.05) is 0 Å². The molecule has 0 amide bonds. The van der Waals surface area contributed by atoms with Crippen LogP contribution < -0.4 is 0 Å². The second-order valence-corrected chi connectivity index (χ2v) is 8.55. The summed E-state index contributed by atoms with van der Waals surface area (Å²) in [5.41, 5.74) is 3.18. The molecule has 0 unspecified atom stereocenters. The Morgan fingerprint density at radius 3 is 2.22 bits per heavy atom. The molecule has 0 spiro atoms. The summed E-state index contributed by atoms with van der Waals surface area (Å²) < 4.78 is 4.19.